The summed E-state index contributed by atoms with van der Waals surface area (Å²) in [4.78, 5) is 127. The van der Waals surface area contributed by atoms with Crippen LogP contribution in [0.5, 0.6) is 5.75 Å². The summed E-state index contributed by atoms with van der Waals surface area (Å²) in [6, 6.07) is 37.0. The number of rotatable bonds is 36. The van der Waals surface area contributed by atoms with Gasteiger partial charge < -0.3 is 68.6 Å². The quantitative estimate of drug-likeness (QED) is 0.0118. The van der Waals surface area contributed by atoms with Gasteiger partial charge in [-0.1, -0.05) is 109 Å². The molecule has 0 saturated carbocycles. The Morgan fingerprint density at radius 3 is 1.66 bits per heavy atom. The number of nitrogens with zero attached hydrogens (tertiary/aromatic N) is 5. The van der Waals surface area contributed by atoms with Gasteiger partial charge in [0.15, 0.2) is 12.2 Å². The van der Waals surface area contributed by atoms with E-state index in [0.29, 0.717) is 56.3 Å². The second-order valence-corrected chi connectivity index (χ2v) is 23.5. The number of aliphatic imine (C=N–C) groups is 1. The Morgan fingerprint density at radius 1 is 0.557 bits per heavy atom. The van der Waals surface area contributed by atoms with Crippen LogP contribution < -0.4 is 54.0 Å². The molecule has 5 aromatic rings. The number of hydrogen-bond acceptors (Lipinski definition) is 18. The van der Waals surface area contributed by atoms with Crippen molar-refractivity contribution < 1.29 is 63.6 Å². The molecule has 6 rings (SSSR count). The van der Waals surface area contributed by atoms with Gasteiger partial charge in [0.25, 0.3) is 0 Å². The minimum atomic E-state index is -1.10. The van der Waals surface area contributed by atoms with Gasteiger partial charge in [0.05, 0.1) is 37.6 Å². The highest BCUT2D eigenvalue weighted by molar-refractivity contribution is 5.95. The van der Waals surface area contributed by atoms with Gasteiger partial charge in [-0.05, 0) is 103 Å². The smallest absolute Gasteiger partial charge is 0.321 e. The number of amides is 6. The number of carbonyl (C=O) groups excluding carboxylic acids is 6. The van der Waals surface area contributed by atoms with Gasteiger partial charge in [0.1, 0.15) is 18.0 Å². The molecule has 1 fully saturated rings. The predicted octanol–water partition coefficient (Wildman–Crippen LogP) is 1.75. The van der Waals surface area contributed by atoms with E-state index in [1.54, 1.807) is 38.7 Å². The van der Waals surface area contributed by atoms with Gasteiger partial charge in [-0.25, -0.2) is 4.79 Å². The average molecular weight is 1340 g/mol. The van der Waals surface area contributed by atoms with E-state index in [0.717, 1.165) is 27.9 Å². The Bertz CT molecular complexity index is 3300. The van der Waals surface area contributed by atoms with Crippen LogP contribution in [0.15, 0.2) is 138 Å². The number of phenols is 1. The molecule has 0 aromatic heterocycles. The Balaban J connectivity index is 1.03. The molecule has 0 aliphatic carbocycles. The lowest BCUT2D eigenvalue weighted by atomic mass is 9.90. The second kappa shape index (κ2) is 41.2. The number of carboxylic acids is 3. The fourth-order valence-corrected chi connectivity index (χ4v) is 10.9. The fourth-order valence-electron chi connectivity index (χ4n) is 10.9. The van der Waals surface area contributed by atoms with E-state index in [4.69, 9.17) is 11.5 Å². The lowest BCUT2D eigenvalue weighted by Crippen LogP contribution is -2.58. The standard InChI is InChI=1S/C69H93N15O13/c1-2-72-69(97)80-68(71)76-31-10-17-57(65(94)77-43-49-20-28-55(86)29-21-49)79-67(96)63(52-14-7-4-8-15-52)53-24-26-54(27-25-53)73-32-11-33-74-64(93)56(70)16-9-30-75-66(95)58(42-48-18-22-51(23-19-48)50-12-5-3-6-13-50)78-59(47-85)84-40-38-82(45-61(89)90)36-34-81(44-60(87)88)35-37-83(39-41-84)46-62(91)92/h3-8,12-15,18-29,47,56-59,63,73,78,86H,2,9-11,16-17,30-46,70H2,1H3,(H,74,93)(H,75,95)(H,77,94)(H,79,96)(H,87,88)(H,89,90)(H,91,92)(H4,71,72,76,80,97)/t56-,57-,58-,59?,63?/m1/s1. The van der Waals surface area contributed by atoms with Gasteiger partial charge in [0.2, 0.25) is 23.6 Å². The third-order valence-corrected chi connectivity index (χ3v) is 16.2. The monoisotopic (exact) mass is 1340 g/mol. The molecule has 522 valence electrons. The molecule has 28 heteroatoms. The molecule has 1 aliphatic rings. The normalized spacial score (nSPS) is 15.3. The predicted molar refractivity (Wildman–Crippen MR) is 367 cm³/mol. The van der Waals surface area contributed by atoms with E-state index in [1.807, 2.05) is 109 Å². The summed E-state index contributed by atoms with van der Waals surface area (Å²) in [5, 5.41) is 62.2. The molecular weight excluding hydrogens is 1250 g/mol. The van der Waals surface area contributed by atoms with Crippen LogP contribution in [0, 0.1) is 0 Å². The number of aldehydes is 1. The molecule has 2 unspecified atom stereocenters. The summed E-state index contributed by atoms with van der Waals surface area (Å²) in [5.41, 5.74) is 17.8. The molecule has 28 nitrogen and oxygen atoms in total. The lowest BCUT2D eigenvalue weighted by molar-refractivity contribution is -0.140. The van der Waals surface area contributed by atoms with Crippen molar-refractivity contribution in [2.75, 3.05) is 110 Å². The number of benzene rings is 5. The third kappa shape index (κ3) is 27.8. The van der Waals surface area contributed by atoms with E-state index in [9.17, 15) is 63.6 Å². The Labute approximate surface area is 565 Å². The molecule has 1 heterocycles. The third-order valence-electron chi connectivity index (χ3n) is 16.2. The van der Waals surface area contributed by atoms with Crippen molar-refractivity contribution in [2.45, 2.75) is 82.2 Å². The largest absolute Gasteiger partial charge is 0.508 e. The summed E-state index contributed by atoms with van der Waals surface area (Å²) < 4.78 is 0. The number of guanidine groups is 1. The number of aliphatic carboxylic acids is 3. The summed E-state index contributed by atoms with van der Waals surface area (Å²) >= 11 is 0. The first-order valence-corrected chi connectivity index (χ1v) is 32.6. The molecule has 0 spiro atoms. The maximum absolute atomic E-state index is 14.4. The molecule has 5 aromatic carbocycles. The molecular formula is C69H93N15O13. The first-order valence-electron chi connectivity index (χ1n) is 32.6. The number of urea groups is 1. The van der Waals surface area contributed by atoms with Crippen LogP contribution in [0.4, 0.5) is 10.5 Å². The maximum atomic E-state index is 14.4. The molecule has 97 heavy (non-hydrogen) atoms. The number of nitrogens with one attached hydrogen (secondary N) is 8. The Morgan fingerprint density at radius 2 is 1.08 bits per heavy atom. The minimum absolute atomic E-state index is 0.0817. The first kappa shape index (κ1) is 76.2. The van der Waals surface area contributed by atoms with Crippen LogP contribution in [-0.2, 0) is 51.3 Å². The van der Waals surface area contributed by atoms with Crippen molar-refractivity contribution in [1.29, 1.82) is 0 Å². The van der Waals surface area contributed by atoms with Crippen molar-refractivity contribution in [3.05, 3.63) is 156 Å². The van der Waals surface area contributed by atoms with Crippen molar-refractivity contribution in [3.63, 3.8) is 0 Å². The van der Waals surface area contributed by atoms with Crippen molar-refractivity contribution >= 4 is 65.5 Å². The van der Waals surface area contributed by atoms with Crippen LogP contribution in [0.25, 0.3) is 11.1 Å². The molecule has 16 N–H and O–H groups in total. The van der Waals surface area contributed by atoms with Crippen LogP contribution >= 0.6 is 0 Å². The molecule has 0 radical (unpaired) electrons. The zero-order valence-electron chi connectivity index (χ0n) is 54.8. The first-order chi connectivity index (χ1) is 46.8. The lowest BCUT2D eigenvalue weighted by Gasteiger charge is -2.36. The zero-order chi connectivity index (χ0) is 69.9. The van der Waals surface area contributed by atoms with Crippen LogP contribution in [0.1, 0.15) is 67.2 Å². The highest BCUT2D eigenvalue weighted by Crippen LogP contribution is 2.27. The van der Waals surface area contributed by atoms with E-state index < -0.39 is 71.9 Å². The fraction of sp³-hybridized carbons (Fsp3) is 0.420. The van der Waals surface area contributed by atoms with E-state index in [1.165, 1.54) is 12.1 Å². The van der Waals surface area contributed by atoms with Gasteiger partial charge in [-0.15, -0.1) is 0 Å². The number of anilines is 1. The summed E-state index contributed by atoms with van der Waals surface area (Å²) in [6.45, 7) is 3.65. The molecule has 5 atom stereocenters. The Kier molecular flexibility index (Phi) is 32.4. The van der Waals surface area contributed by atoms with E-state index in [2.05, 4.69) is 47.5 Å². The number of hydrogen-bond donors (Lipinski definition) is 14. The van der Waals surface area contributed by atoms with Gasteiger partial charge in [-0.2, -0.15) is 0 Å². The minimum Gasteiger partial charge on any atom is -0.508 e. The SMILES string of the molecule is CCNC(=O)NC(N)=NCCC[C@@H](NC(=O)C(c1ccccc1)c1ccc(NCCCNC(=O)[C@H](N)CCCNC(=O)[C@@H](Cc2ccc(-c3ccccc3)cc2)NC(C=O)N2CCN(CC(=O)O)CCN(CC(=O)O)CCN(CC(=O)O)CC2)cc1)C(=O)NCc1ccc(O)cc1. The number of carboxylic acid groups (broad SMARTS) is 3. The second-order valence-electron chi connectivity index (χ2n) is 23.5. The van der Waals surface area contributed by atoms with Crippen molar-refractivity contribution in [2.24, 2.45) is 16.5 Å². The summed E-state index contributed by atoms with van der Waals surface area (Å²) in [6.07, 6.45) is 1.33. The molecule has 0 bridgehead atoms. The molecule has 1 aliphatic heterocycles. The van der Waals surface area contributed by atoms with Crippen molar-refractivity contribution in [3.8, 4) is 16.9 Å². The van der Waals surface area contributed by atoms with E-state index in [-0.39, 0.29) is 129 Å². The van der Waals surface area contributed by atoms with Crippen LogP contribution in [0.2, 0.25) is 0 Å². The van der Waals surface area contributed by atoms with Crippen molar-refractivity contribution in [1.82, 2.24) is 56.8 Å². The average Bonchev–Trinajstić information content (AvgIpc) is 0.854. The number of carbonyl (C=O) groups is 9. The summed E-state index contributed by atoms with van der Waals surface area (Å²) in [7, 11) is 0. The van der Waals surface area contributed by atoms with Gasteiger partial charge in [0, 0.05) is 97.3 Å². The topological polar surface area (TPSA) is 408 Å². The zero-order valence-corrected chi connectivity index (χ0v) is 54.8. The highest BCUT2D eigenvalue weighted by atomic mass is 16.4. The maximum Gasteiger partial charge on any atom is 0.321 e. The van der Waals surface area contributed by atoms with Crippen LogP contribution in [-0.4, -0.2) is 229 Å². The highest BCUT2D eigenvalue weighted by Gasteiger charge is 2.31. The Hall–Kier alpha value is -9.84. The van der Waals surface area contributed by atoms with Gasteiger partial charge >= 0.3 is 23.9 Å². The van der Waals surface area contributed by atoms with E-state index >= 15 is 0 Å². The van der Waals surface area contributed by atoms with Gasteiger partial charge in [-0.3, -0.25) is 68.8 Å². The number of aromatic hydroxyl groups is 1. The van der Waals surface area contributed by atoms with Crippen LogP contribution in [0.3, 0.4) is 0 Å². The number of nitrogens with two attached hydrogens (primary N) is 2. The summed E-state index contributed by atoms with van der Waals surface area (Å²) in [5.74, 6) is -5.75. The molecule has 6 amide bonds. The molecule has 1 saturated heterocycles. The number of phenolic OH excluding ortho intramolecular Hbond substituents is 1.